The second-order valence-electron chi connectivity index (χ2n) is 8.15. The lowest BCUT2D eigenvalue weighted by atomic mass is 9.87. The maximum Gasteiger partial charge on any atom is 0.253 e. The monoisotopic (exact) mass is 418 g/mol. The zero-order valence-electron chi connectivity index (χ0n) is 16.3. The smallest absolute Gasteiger partial charge is 0.253 e. The number of hydrogen-bond acceptors (Lipinski definition) is 2. The summed E-state index contributed by atoms with van der Waals surface area (Å²) in [6.45, 7) is 3.03. The van der Waals surface area contributed by atoms with Gasteiger partial charge in [0.1, 0.15) is 11.6 Å². The van der Waals surface area contributed by atoms with Gasteiger partial charge in [-0.1, -0.05) is 23.7 Å². The van der Waals surface area contributed by atoms with Gasteiger partial charge in [0.05, 0.1) is 5.02 Å². The Morgan fingerprint density at radius 1 is 1.00 bits per heavy atom. The largest absolute Gasteiger partial charge is 0.339 e. The summed E-state index contributed by atoms with van der Waals surface area (Å²) < 4.78 is 27.4. The summed E-state index contributed by atoms with van der Waals surface area (Å²) in [5, 5.41) is 0.0234. The summed E-state index contributed by atoms with van der Waals surface area (Å²) in [6, 6.07) is 11.0. The number of amides is 1. The Balaban J connectivity index is 1.47. The van der Waals surface area contributed by atoms with Crippen molar-refractivity contribution in [2.75, 3.05) is 19.6 Å². The summed E-state index contributed by atoms with van der Waals surface area (Å²) in [5.74, 6) is -0.920. The Morgan fingerprint density at radius 2 is 1.79 bits per heavy atom. The highest BCUT2D eigenvalue weighted by atomic mass is 35.5. The number of likely N-dealkylation sites (tertiary alicyclic amines) is 2. The summed E-state index contributed by atoms with van der Waals surface area (Å²) in [4.78, 5) is 17.2. The van der Waals surface area contributed by atoms with Crippen molar-refractivity contribution in [2.45, 2.75) is 44.2 Å². The molecule has 2 saturated heterocycles. The number of nitrogens with zero attached hydrogens (tertiary/aromatic N) is 2. The molecule has 0 aliphatic carbocycles. The highest BCUT2D eigenvalue weighted by Gasteiger charge is 2.42. The van der Waals surface area contributed by atoms with Crippen LogP contribution >= 0.6 is 11.6 Å². The molecule has 1 spiro atoms. The Hall–Kier alpha value is -1.98. The summed E-state index contributed by atoms with van der Waals surface area (Å²) >= 11 is 5.74. The molecule has 2 aliphatic rings. The van der Waals surface area contributed by atoms with Crippen LogP contribution in [0, 0.1) is 11.6 Å². The van der Waals surface area contributed by atoms with Crippen molar-refractivity contribution in [3.63, 3.8) is 0 Å². The van der Waals surface area contributed by atoms with Crippen molar-refractivity contribution in [3.05, 3.63) is 70.2 Å². The molecule has 1 amide bonds. The molecule has 2 aromatic rings. The third-order valence-electron chi connectivity index (χ3n) is 6.37. The van der Waals surface area contributed by atoms with Gasteiger partial charge in [-0.25, -0.2) is 8.78 Å². The Labute approximate surface area is 175 Å². The highest BCUT2D eigenvalue weighted by molar-refractivity contribution is 6.30. The fourth-order valence-corrected chi connectivity index (χ4v) is 4.97. The molecule has 4 rings (SSSR count). The number of halogens is 3. The van der Waals surface area contributed by atoms with E-state index in [1.807, 2.05) is 11.0 Å². The predicted molar refractivity (Wildman–Crippen MR) is 110 cm³/mol. The lowest BCUT2D eigenvalue weighted by molar-refractivity contribution is 0.0737. The van der Waals surface area contributed by atoms with Crippen molar-refractivity contribution < 1.29 is 13.6 Å². The zero-order valence-corrected chi connectivity index (χ0v) is 17.1. The second-order valence-corrected chi connectivity index (χ2v) is 8.56. The van der Waals surface area contributed by atoms with Crippen LogP contribution in [0.1, 0.15) is 48.0 Å². The van der Waals surface area contributed by atoms with Crippen LogP contribution in [0.15, 0.2) is 42.5 Å². The van der Waals surface area contributed by atoms with Crippen LogP contribution in [0.3, 0.4) is 0 Å². The van der Waals surface area contributed by atoms with Crippen LogP contribution < -0.4 is 0 Å². The van der Waals surface area contributed by atoms with Gasteiger partial charge in [-0.3, -0.25) is 9.69 Å². The third kappa shape index (κ3) is 4.31. The van der Waals surface area contributed by atoms with E-state index in [0.717, 1.165) is 50.8 Å². The van der Waals surface area contributed by atoms with E-state index in [1.165, 1.54) is 18.2 Å². The maximum atomic E-state index is 13.8. The van der Waals surface area contributed by atoms with Crippen molar-refractivity contribution in [2.24, 2.45) is 0 Å². The molecule has 2 aliphatic heterocycles. The van der Waals surface area contributed by atoms with Gasteiger partial charge >= 0.3 is 0 Å². The van der Waals surface area contributed by atoms with E-state index in [4.69, 9.17) is 11.6 Å². The fraction of sp³-hybridized carbons (Fsp3) is 0.435. The van der Waals surface area contributed by atoms with E-state index in [-0.39, 0.29) is 22.3 Å². The predicted octanol–water partition coefficient (Wildman–Crippen LogP) is 5.28. The zero-order chi connectivity index (χ0) is 20.4. The average Bonchev–Trinajstić information content (AvgIpc) is 2.94. The van der Waals surface area contributed by atoms with E-state index < -0.39 is 5.82 Å². The first-order chi connectivity index (χ1) is 14.0. The minimum atomic E-state index is -0.569. The van der Waals surface area contributed by atoms with Gasteiger partial charge in [-0.2, -0.15) is 0 Å². The lowest BCUT2D eigenvalue weighted by Crippen LogP contribution is -2.44. The minimum absolute atomic E-state index is 0.0234. The lowest BCUT2D eigenvalue weighted by Gasteiger charge is -2.38. The molecule has 2 aromatic carbocycles. The molecule has 0 saturated carbocycles. The molecule has 1 unspecified atom stereocenters. The van der Waals surface area contributed by atoms with Crippen molar-refractivity contribution in [1.29, 1.82) is 0 Å². The molecule has 2 heterocycles. The number of carbonyl (C=O) groups excluding carboxylic acids is 1. The maximum absolute atomic E-state index is 13.8. The van der Waals surface area contributed by atoms with Crippen LogP contribution in [0.2, 0.25) is 5.02 Å². The van der Waals surface area contributed by atoms with Crippen LogP contribution in [-0.4, -0.2) is 40.9 Å². The van der Waals surface area contributed by atoms with Crippen LogP contribution in [0.4, 0.5) is 8.78 Å². The summed E-state index contributed by atoms with van der Waals surface area (Å²) in [5.41, 5.74) is 1.37. The molecule has 3 nitrogen and oxygen atoms in total. The first kappa shape index (κ1) is 20.3. The Morgan fingerprint density at radius 3 is 2.55 bits per heavy atom. The standard InChI is InChI=1S/C23H25ClF2N2O/c24-20-7-6-18(15-21(20)26)22(29)27-11-2-8-23(10-13-27)9-3-12-28(23)16-17-4-1-5-19(25)14-17/h1,4-7,14-15H,2-3,8-13,16H2. The first-order valence-electron chi connectivity index (χ1n) is 10.2. The molecule has 0 bridgehead atoms. The van der Waals surface area contributed by atoms with Crippen LogP contribution in [0.5, 0.6) is 0 Å². The Bertz CT molecular complexity index is 906. The molecule has 154 valence electrons. The van der Waals surface area contributed by atoms with E-state index in [9.17, 15) is 13.6 Å². The SMILES string of the molecule is O=C(c1ccc(Cl)c(F)c1)N1CCCC2(CCCN2Cc2cccc(F)c2)CC1. The number of hydrogen-bond donors (Lipinski definition) is 0. The molecular formula is C23H25ClF2N2O. The molecule has 0 radical (unpaired) electrons. The normalized spacial score (nSPS) is 22.8. The molecule has 1 atom stereocenters. The van der Waals surface area contributed by atoms with E-state index in [0.29, 0.717) is 18.7 Å². The van der Waals surface area contributed by atoms with Crippen molar-refractivity contribution in [3.8, 4) is 0 Å². The molecular weight excluding hydrogens is 394 g/mol. The van der Waals surface area contributed by atoms with Gasteiger partial charge in [0.15, 0.2) is 0 Å². The van der Waals surface area contributed by atoms with Gasteiger partial charge in [0.25, 0.3) is 5.91 Å². The van der Waals surface area contributed by atoms with Gasteiger partial charge in [0.2, 0.25) is 0 Å². The summed E-state index contributed by atoms with van der Waals surface area (Å²) in [6.07, 6.45) is 5.01. The first-order valence-corrected chi connectivity index (χ1v) is 10.6. The minimum Gasteiger partial charge on any atom is -0.339 e. The average molecular weight is 419 g/mol. The van der Waals surface area contributed by atoms with E-state index in [2.05, 4.69) is 4.90 Å². The fourth-order valence-electron chi connectivity index (χ4n) is 4.86. The Kier molecular flexibility index (Phi) is 5.88. The van der Waals surface area contributed by atoms with E-state index in [1.54, 1.807) is 18.2 Å². The van der Waals surface area contributed by atoms with Gasteiger partial charge < -0.3 is 4.90 Å². The topological polar surface area (TPSA) is 23.6 Å². The molecule has 0 N–H and O–H groups in total. The number of carbonyl (C=O) groups is 1. The van der Waals surface area contributed by atoms with Crippen LogP contribution in [-0.2, 0) is 6.54 Å². The molecule has 6 heteroatoms. The second kappa shape index (κ2) is 8.41. The van der Waals surface area contributed by atoms with Gasteiger partial charge in [0, 0.05) is 30.7 Å². The molecule has 29 heavy (non-hydrogen) atoms. The number of rotatable bonds is 3. The van der Waals surface area contributed by atoms with Crippen molar-refractivity contribution in [1.82, 2.24) is 9.80 Å². The van der Waals surface area contributed by atoms with Gasteiger partial charge in [-0.05, 0) is 74.5 Å². The van der Waals surface area contributed by atoms with E-state index >= 15 is 0 Å². The quantitative estimate of drug-likeness (QED) is 0.677. The molecule has 0 aromatic heterocycles. The highest BCUT2D eigenvalue weighted by Crippen LogP contribution is 2.39. The third-order valence-corrected chi connectivity index (χ3v) is 6.68. The van der Waals surface area contributed by atoms with Gasteiger partial charge in [-0.15, -0.1) is 0 Å². The molecule has 2 fully saturated rings. The number of benzene rings is 2. The van der Waals surface area contributed by atoms with Crippen LogP contribution in [0.25, 0.3) is 0 Å². The summed E-state index contributed by atoms with van der Waals surface area (Å²) in [7, 11) is 0. The van der Waals surface area contributed by atoms with Crippen molar-refractivity contribution >= 4 is 17.5 Å².